The molecule has 0 aliphatic rings. The summed E-state index contributed by atoms with van der Waals surface area (Å²) in [5.74, 6) is -0.362. The molecule has 3 aromatic rings. The van der Waals surface area contributed by atoms with E-state index < -0.39 is 0 Å². The Labute approximate surface area is 159 Å². The van der Waals surface area contributed by atoms with Gasteiger partial charge in [-0.15, -0.1) is 11.3 Å². The number of nitrogens with one attached hydrogen (secondary N) is 1. The second-order valence-electron chi connectivity index (χ2n) is 5.25. The first-order valence-corrected chi connectivity index (χ1v) is 8.93. The van der Waals surface area contributed by atoms with Crippen LogP contribution in [-0.2, 0) is 4.74 Å². The van der Waals surface area contributed by atoms with Gasteiger partial charge in [0, 0.05) is 16.1 Å². The summed E-state index contributed by atoms with van der Waals surface area (Å²) in [5.41, 5.74) is 3.11. The predicted molar refractivity (Wildman–Crippen MR) is 103 cm³/mol. The quantitative estimate of drug-likeness (QED) is 0.556. The number of anilines is 2. The highest BCUT2D eigenvalue weighted by Gasteiger charge is 2.12. The van der Waals surface area contributed by atoms with Gasteiger partial charge in [-0.2, -0.15) is 0 Å². The first-order valence-electron chi connectivity index (χ1n) is 7.36. The Kier molecular flexibility index (Phi) is 5.27. The number of esters is 1. The molecule has 3 rings (SSSR count). The van der Waals surface area contributed by atoms with Gasteiger partial charge >= 0.3 is 5.97 Å². The average molecular weight is 393 g/mol. The lowest BCUT2D eigenvalue weighted by Gasteiger charge is -2.04. The first-order chi connectivity index (χ1) is 12.0. The molecule has 0 spiro atoms. The van der Waals surface area contributed by atoms with Crippen molar-refractivity contribution < 1.29 is 9.53 Å². The molecule has 4 nitrogen and oxygen atoms in total. The second kappa shape index (κ2) is 7.44. The Hall–Kier alpha value is -2.08. The van der Waals surface area contributed by atoms with Crippen molar-refractivity contribution in [1.29, 1.82) is 0 Å². The third kappa shape index (κ3) is 3.95. The van der Waals surface area contributed by atoms with Crippen molar-refractivity contribution in [3.8, 4) is 11.3 Å². The smallest absolute Gasteiger partial charge is 0.337 e. The number of rotatable bonds is 4. The molecule has 0 aliphatic heterocycles. The number of halogens is 2. The fourth-order valence-corrected chi connectivity index (χ4v) is 3.45. The fraction of sp³-hybridized carbons (Fsp3) is 0.111. The van der Waals surface area contributed by atoms with Crippen LogP contribution in [0.15, 0.2) is 42.5 Å². The number of benzene rings is 2. The van der Waals surface area contributed by atoms with Crippen molar-refractivity contribution in [2.24, 2.45) is 0 Å². The summed E-state index contributed by atoms with van der Waals surface area (Å²) in [6.45, 7) is 2.00. The number of ether oxygens (including phenoxy) is 1. The van der Waals surface area contributed by atoms with Gasteiger partial charge in [0.15, 0.2) is 5.13 Å². The number of thiazole rings is 1. The van der Waals surface area contributed by atoms with Gasteiger partial charge in [-0.1, -0.05) is 29.3 Å². The van der Waals surface area contributed by atoms with Crippen LogP contribution in [0.4, 0.5) is 10.8 Å². The summed E-state index contributed by atoms with van der Waals surface area (Å²) in [7, 11) is 1.36. The molecule has 25 heavy (non-hydrogen) atoms. The summed E-state index contributed by atoms with van der Waals surface area (Å²) >= 11 is 13.6. The number of hydrogen-bond acceptors (Lipinski definition) is 5. The summed E-state index contributed by atoms with van der Waals surface area (Å²) in [6, 6.07) is 12.5. The minimum atomic E-state index is -0.362. The lowest BCUT2D eigenvalue weighted by molar-refractivity contribution is 0.0601. The molecule has 128 valence electrons. The van der Waals surface area contributed by atoms with Crippen LogP contribution in [-0.4, -0.2) is 18.1 Å². The number of aryl methyl sites for hydroxylation is 1. The number of hydrogen-bond donors (Lipinski definition) is 1. The molecular formula is C18H14Cl2N2O2S. The van der Waals surface area contributed by atoms with Crippen molar-refractivity contribution in [2.45, 2.75) is 6.92 Å². The summed E-state index contributed by atoms with van der Waals surface area (Å²) in [5, 5.41) is 5.01. The molecule has 2 aromatic carbocycles. The maximum atomic E-state index is 11.5. The van der Waals surface area contributed by atoms with E-state index in [1.54, 1.807) is 24.3 Å². The van der Waals surface area contributed by atoms with Crippen molar-refractivity contribution in [3.63, 3.8) is 0 Å². The molecule has 0 aliphatic carbocycles. The maximum Gasteiger partial charge on any atom is 0.337 e. The van der Waals surface area contributed by atoms with E-state index in [1.807, 2.05) is 25.1 Å². The third-order valence-corrected chi connectivity index (χ3v) is 5.17. The van der Waals surface area contributed by atoms with Gasteiger partial charge in [-0.05, 0) is 43.3 Å². The number of methoxy groups -OCH3 is 1. The van der Waals surface area contributed by atoms with Crippen molar-refractivity contribution in [1.82, 2.24) is 4.98 Å². The van der Waals surface area contributed by atoms with E-state index in [1.165, 1.54) is 18.4 Å². The number of carbonyl (C=O) groups excluding carboxylic acids is 1. The molecule has 1 aromatic heterocycles. The van der Waals surface area contributed by atoms with Crippen LogP contribution >= 0.6 is 34.5 Å². The van der Waals surface area contributed by atoms with Gasteiger partial charge in [0.05, 0.1) is 28.4 Å². The largest absolute Gasteiger partial charge is 0.465 e. The molecule has 0 radical (unpaired) electrons. The Morgan fingerprint density at radius 1 is 1.12 bits per heavy atom. The molecule has 7 heteroatoms. The first kappa shape index (κ1) is 17.7. The van der Waals surface area contributed by atoms with Crippen molar-refractivity contribution in [2.75, 3.05) is 12.4 Å². The van der Waals surface area contributed by atoms with Gasteiger partial charge in [-0.25, -0.2) is 9.78 Å². The van der Waals surface area contributed by atoms with Gasteiger partial charge in [0.25, 0.3) is 0 Å². The predicted octanol–water partition coefficient (Wildman–Crippen LogP) is 5.96. The normalized spacial score (nSPS) is 10.6. The Morgan fingerprint density at radius 2 is 1.84 bits per heavy atom. The van der Waals surface area contributed by atoms with E-state index in [0.29, 0.717) is 15.6 Å². The summed E-state index contributed by atoms with van der Waals surface area (Å²) in [4.78, 5) is 17.2. The van der Waals surface area contributed by atoms with E-state index in [2.05, 4.69) is 10.3 Å². The highest BCUT2D eigenvalue weighted by molar-refractivity contribution is 7.16. The summed E-state index contributed by atoms with van der Waals surface area (Å²) in [6.07, 6.45) is 0. The monoisotopic (exact) mass is 392 g/mol. The van der Waals surface area contributed by atoms with Crippen molar-refractivity contribution >= 4 is 51.3 Å². The zero-order valence-electron chi connectivity index (χ0n) is 13.5. The second-order valence-corrected chi connectivity index (χ2v) is 7.26. The van der Waals surface area contributed by atoms with E-state index in [9.17, 15) is 4.79 Å². The lowest BCUT2D eigenvalue weighted by atomic mass is 10.1. The maximum absolute atomic E-state index is 11.5. The molecule has 0 unspecified atom stereocenters. The minimum absolute atomic E-state index is 0.362. The van der Waals surface area contributed by atoms with E-state index in [0.717, 1.165) is 27.0 Å². The highest BCUT2D eigenvalue weighted by Crippen LogP contribution is 2.34. The van der Waals surface area contributed by atoms with E-state index >= 15 is 0 Å². The molecule has 0 saturated heterocycles. The SMILES string of the molecule is COC(=O)c1ccc(Nc2nc(-c3ccc(Cl)c(Cl)c3)c(C)s2)cc1. The highest BCUT2D eigenvalue weighted by atomic mass is 35.5. The number of aromatic nitrogens is 1. The third-order valence-electron chi connectivity index (χ3n) is 3.55. The van der Waals surface area contributed by atoms with Crippen LogP contribution in [0.3, 0.4) is 0 Å². The van der Waals surface area contributed by atoms with Crippen molar-refractivity contribution in [3.05, 3.63) is 63.0 Å². The molecule has 0 fully saturated rings. The number of carbonyl (C=O) groups is 1. The van der Waals surface area contributed by atoms with E-state index in [4.69, 9.17) is 27.9 Å². The molecule has 0 amide bonds. The van der Waals surface area contributed by atoms with Crippen LogP contribution in [0.25, 0.3) is 11.3 Å². The van der Waals surface area contributed by atoms with Crippen LogP contribution in [0, 0.1) is 6.92 Å². The van der Waals surface area contributed by atoms with Gasteiger partial charge < -0.3 is 10.1 Å². The van der Waals surface area contributed by atoms with E-state index in [-0.39, 0.29) is 5.97 Å². The zero-order valence-corrected chi connectivity index (χ0v) is 15.8. The average Bonchev–Trinajstić information content (AvgIpc) is 2.97. The lowest BCUT2D eigenvalue weighted by Crippen LogP contribution is -2.00. The standard InChI is InChI=1S/C18H14Cl2N2O2S/c1-10-16(12-5-8-14(19)15(20)9-12)22-18(25-10)21-13-6-3-11(4-7-13)17(23)24-2/h3-9H,1-2H3,(H,21,22). The van der Waals surface area contributed by atoms with Crippen LogP contribution in [0.5, 0.6) is 0 Å². The molecular weight excluding hydrogens is 379 g/mol. The van der Waals surface area contributed by atoms with Gasteiger partial charge in [0.1, 0.15) is 0 Å². The topological polar surface area (TPSA) is 51.2 Å². The Balaban J connectivity index is 1.82. The van der Waals surface area contributed by atoms with Gasteiger partial charge in [-0.3, -0.25) is 0 Å². The zero-order chi connectivity index (χ0) is 18.0. The molecule has 0 saturated carbocycles. The Bertz CT molecular complexity index is 923. The van der Waals surface area contributed by atoms with Crippen LogP contribution in [0.1, 0.15) is 15.2 Å². The molecule has 0 atom stereocenters. The Morgan fingerprint density at radius 3 is 2.48 bits per heavy atom. The van der Waals surface area contributed by atoms with Gasteiger partial charge in [0.2, 0.25) is 0 Å². The summed E-state index contributed by atoms with van der Waals surface area (Å²) < 4.78 is 4.69. The van der Waals surface area contributed by atoms with Crippen LogP contribution in [0.2, 0.25) is 10.0 Å². The minimum Gasteiger partial charge on any atom is -0.465 e. The molecule has 1 heterocycles. The molecule has 1 N–H and O–H groups in total. The van der Waals surface area contributed by atoms with Crippen LogP contribution < -0.4 is 5.32 Å². The fourth-order valence-electron chi connectivity index (χ4n) is 2.29. The molecule has 0 bridgehead atoms. The number of nitrogens with zero attached hydrogens (tertiary/aromatic N) is 1.